The third-order valence-electron chi connectivity index (χ3n) is 2.61. The average Bonchev–Trinajstić information content (AvgIpc) is 2.33. The molecule has 0 atom stereocenters. The zero-order chi connectivity index (χ0) is 12.3. The molecule has 88 valence electrons. The monoisotopic (exact) mass is 230 g/mol. The Balaban J connectivity index is 2.17. The predicted octanol–water partition coefficient (Wildman–Crippen LogP) is 4.74. The molecule has 0 aliphatic heterocycles. The Hall–Kier alpha value is -1.83. The highest BCUT2D eigenvalue weighted by Crippen LogP contribution is 2.25. The van der Waals surface area contributed by atoms with E-state index in [0.29, 0.717) is 11.7 Å². The van der Waals surface area contributed by atoms with Gasteiger partial charge in [-0.15, -0.1) is 0 Å². The van der Waals surface area contributed by atoms with E-state index >= 15 is 0 Å². The molecule has 0 saturated heterocycles. The second kappa shape index (κ2) is 5.00. The third kappa shape index (κ3) is 2.84. The van der Waals surface area contributed by atoms with Crippen molar-refractivity contribution in [1.29, 1.82) is 0 Å². The Morgan fingerprint density at radius 3 is 2.18 bits per heavy atom. The highest BCUT2D eigenvalue weighted by atomic mass is 19.1. The van der Waals surface area contributed by atoms with Crippen molar-refractivity contribution in [3.63, 3.8) is 0 Å². The topological polar surface area (TPSA) is 9.23 Å². The number of halogens is 1. The normalized spacial score (nSPS) is 10.6. The quantitative estimate of drug-likeness (QED) is 0.739. The molecule has 0 aromatic heterocycles. The number of para-hydroxylation sites is 1. The van der Waals surface area contributed by atoms with Crippen LogP contribution in [0, 0.1) is 5.82 Å². The van der Waals surface area contributed by atoms with Gasteiger partial charge in [0, 0.05) is 0 Å². The number of rotatable bonds is 3. The molecule has 0 aliphatic rings. The van der Waals surface area contributed by atoms with Crippen LogP contribution in [0.5, 0.6) is 11.5 Å². The average molecular weight is 230 g/mol. The summed E-state index contributed by atoms with van der Waals surface area (Å²) >= 11 is 0. The molecule has 2 heteroatoms. The highest BCUT2D eigenvalue weighted by molar-refractivity contribution is 5.34. The minimum Gasteiger partial charge on any atom is -0.454 e. The van der Waals surface area contributed by atoms with E-state index in [9.17, 15) is 4.39 Å². The molecule has 0 N–H and O–H groups in total. The van der Waals surface area contributed by atoms with E-state index in [-0.39, 0.29) is 11.6 Å². The van der Waals surface area contributed by atoms with Gasteiger partial charge in [0.25, 0.3) is 0 Å². The van der Waals surface area contributed by atoms with E-state index < -0.39 is 0 Å². The first-order chi connectivity index (χ1) is 8.16. The predicted molar refractivity (Wildman–Crippen MR) is 67.0 cm³/mol. The third-order valence-corrected chi connectivity index (χ3v) is 2.61. The molecule has 0 radical (unpaired) electrons. The van der Waals surface area contributed by atoms with E-state index in [1.165, 1.54) is 11.6 Å². The lowest BCUT2D eigenvalue weighted by molar-refractivity contribution is 0.442. The van der Waals surface area contributed by atoms with Gasteiger partial charge in [-0.1, -0.05) is 38.1 Å². The van der Waals surface area contributed by atoms with Gasteiger partial charge in [0.2, 0.25) is 0 Å². The van der Waals surface area contributed by atoms with Crippen LogP contribution in [0.2, 0.25) is 0 Å². The summed E-state index contributed by atoms with van der Waals surface area (Å²) in [6, 6.07) is 14.1. The molecule has 17 heavy (non-hydrogen) atoms. The summed E-state index contributed by atoms with van der Waals surface area (Å²) in [5, 5.41) is 0. The molecule has 0 spiro atoms. The van der Waals surface area contributed by atoms with Crippen molar-refractivity contribution < 1.29 is 9.13 Å². The molecule has 0 heterocycles. The summed E-state index contributed by atoms with van der Waals surface area (Å²) in [4.78, 5) is 0. The van der Waals surface area contributed by atoms with Crippen molar-refractivity contribution in [2.45, 2.75) is 19.8 Å². The number of hydrogen-bond donors (Lipinski definition) is 0. The van der Waals surface area contributed by atoms with Crippen LogP contribution < -0.4 is 4.74 Å². The first-order valence-electron chi connectivity index (χ1n) is 5.69. The largest absolute Gasteiger partial charge is 0.454 e. The molecule has 2 aromatic carbocycles. The van der Waals surface area contributed by atoms with Gasteiger partial charge in [-0.25, -0.2) is 4.39 Å². The molecule has 0 bridgehead atoms. The van der Waals surface area contributed by atoms with Gasteiger partial charge in [-0.2, -0.15) is 0 Å². The van der Waals surface area contributed by atoms with Crippen molar-refractivity contribution in [3.05, 3.63) is 59.9 Å². The fourth-order valence-electron chi connectivity index (χ4n) is 1.58. The molecule has 2 aromatic rings. The maximum Gasteiger partial charge on any atom is 0.165 e. The second-order valence-electron chi connectivity index (χ2n) is 4.26. The summed E-state index contributed by atoms with van der Waals surface area (Å²) in [6.07, 6.45) is 0. The number of hydrogen-bond acceptors (Lipinski definition) is 1. The minimum absolute atomic E-state index is 0.254. The Labute approximate surface area is 101 Å². The first-order valence-corrected chi connectivity index (χ1v) is 5.69. The lowest BCUT2D eigenvalue weighted by atomic mass is 10.0. The summed E-state index contributed by atoms with van der Waals surface area (Å²) in [5.41, 5.74) is 1.24. The Morgan fingerprint density at radius 1 is 0.941 bits per heavy atom. The molecule has 1 nitrogen and oxygen atoms in total. The van der Waals surface area contributed by atoms with Crippen molar-refractivity contribution in [2.24, 2.45) is 0 Å². The van der Waals surface area contributed by atoms with Crippen LogP contribution in [0.4, 0.5) is 4.39 Å². The van der Waals surface area contributed by atoms with Gasteiger partial charge < -0.3 is 4.74 Å². The van der Waals surface area contributed by atoms with Gasteiger partial charge in [0.1, 0.15) is 5.75 Å². The van der Waals surface area contributed by atoms with Crippen molar-refractivity contribution in [1.82, 2.24) is 0 Å². The van der Waals surface area contributed by atoms with E-state index in [4.69, 9.17) is 4.74 Å². The van der Waals surface area contributed by atoms with Crippen LogP contribution in [0.15, 0.2) is 48.5 Å². The fraction of sp³-hybridized carbons (Fsp3) is 0.200. The van der Waals surface area contributed by atoms with Gasteiger partial charge in [-0.05, 0) is 35.7 Å². The van der Waals surface area contributed by atoms with Gasteiger partial charge >= 0.3 is 0 Å². The van der Waals surface area contributed by atoms with E-state index in [1.807, 2.05) is 24.3 Å². The van der Waals surface area contributed by atoms with E-state index in [2.05, 4.69) is 13.8 Å². The molecule has 2 rings (SSSR count). The minimum atomic E-state index is -0.347. The number of ether oxygens (including phenoxy) is 1. The Morgan fingerprint density at radius 2 is 1.59 bits per heavy atom. The summed E-state index contributed by atoms with van der Waals surface area (Å²) in [5.74, 6) is 1.04. The van der Waals surface area contributed by atoms with Gasteiger partial charge in [0.05, 0.1) is 0 Å². The van der Waals surface area contributed by atoms with Gasteiger partial charge in [-0.3, -0.25) is 0 Å². The summed E-state index contributed by atoms with van der Waals surface area (Å²) in [6.45, 7) is 4.26. The molecule has 0 saturated carbocycles. The molecule has 0 aliphatic carbocycles. The Bertz CT molecular complexity index is 489. The molecule has 0 amide bonds. The van der Waals surface area contributed by atoms with Crippen LogP contribution in [0.3, 0.4) is 0 Å². The lowest BCUT2D eigenvalue weighted by Gasteiger charge is -2.09. The van der Waals surface area contributed by atoms with Crippen LogP contribution in [0.1, 0.15) is 25.3 Å². The van der Waals surface area contributed by atoms with Crippen LogP contribution in [-0.4, -0.2) is 0 Å². The summed E-state index contributed by atoms with van der Waals surface area (Å²) in [7, 11) is 0. The van der Waals surface area contributed by atoms with Crippen LogP contribution in [-0.2, 0) is 0 Å². The molecule has 0 unspecified atom stereocenters. The van der Waals surface area contributed by atoms with E-state index in [1.54, 1.807) is 18.2 Å². The maximum absolute atomic E-state index is 13.4. The lowest BCUT2D eigenvalue weighted by Crippen LogP contribution is -1.90. The molecular formula is C15H15FO. The first kappa shape index (κ1) is 11.6. The number of benzene rings is 2. The zero-order valence-corrected chi connectivity index (χ0v) is 9.98. The maximum atomic E-state index is 13.4. The van der Waals surface area contributed by atoms with Crippen molar-refractivity contribution in [3.8, 4) is 11.5 Å². The van der Waals surface area contributed by atoms with Crippen molar-refractivity contribution in [2.75, 3.05) is 0 Å². The van der Waals surface area contributed by atoms with Crippen LogP contribution in [0.25, 0.3) is 0 Å². The Kier molecular flexibility index (Phi) is 3.43. The SMILES string of the molecule is CC(C)c1ccc(Oc2ccccc2F)cc1. The smallest absolute Gasteiger partial charge is 0.165 e. The van der Waals surface area contributed by atoms with Crippen LogP contribution >= 0.6 is 0 Å². The van der Waals surface area contributed by atoms with Crippen molar-refractivity contribution >= 4 is 0 Å². The molecule has 0 fully saturated rings. The fourth-order valence-corrected chi connectivity index (χ4v) is 1.58. The molecular weight excluding hydrogens is 215 g/mol. The second-order valence-corrected chi connectivity index (χ2v) is 4.26. The van der Waals surface area contributed by atoms with E-state index in [0.717, 1.165) is 0 Å². The highest BCUT2D eigenvalue weighted by Gasteiger charge is 2.04. The standard InChI is InChI=1S/C15H15FO/c1-11(2)12-7-9-13(10-8-12)17-15-6-4-3-5-14(15)16/h3-11H,1-2H3. The summed E-state index contributed by atoms with van der Waals surface area (Å²) < 4.78 is 18.8. The zero-order valence-electron chi connectivity index (χ0n) is 9.98. The van der Waals surface area contributed by atoms with Gasteiger partial charge in [0.15, 0.2) is 11.6 Å².